The standard InChI is InChI=1S/C41H46BNO15/c1-19-33(46)24(43-38(51)54-18-20-10-12-21(13-11-20)42-57-39(2,3)40(4,5)58-42)14-28(55-19)56-26-16-41(52,27(45)17-44)15-23-30(26)37(50)32-31(35(23)48)34(47)22-8-7-9-25(53-6)29(22)36(32)49/h7-13,19,24,26,28,33,44,46,48,50,52H,14-18H2,1-6H3,(H,43,51)/t19-,24-,26-,28-,33+,41-/m0/s1. The molecule has 3 aromatic rings. The molecule has 58 heavy (non-hydrogen) atoms. The number of ketones is 3. The van der Waals surface area contributed by atoms with Gasteiger partial charge in [-0.25, -0.2) is 4.79 Å². The van der Waals surface area contributed by atoms with Crippen LogP contribution in [0.5, 0.6) is 17.2 Å². The number of rotatable bonds is 9. The number of carbonyl (C=O) groups is 4. The Bertz CT molecular complexity index is 2150. The Balaban J connectivity index is 1.10. The third-order valence-corrected chi connectivity index (χ3v) is 11.9. The van der Waals surface area contributed by atoms with Crippen LogP contribution in [0.4, 0.5) is 4.79 Å². The van der Waals surface area contributed by atoms with Crippen LogP contribution in [-0.4, -0.2) is 111 Å². The first-order valence-electron chi connectivity index (χ1n) is 18.9. The number of nitrogens with one attached hydrogen (secondary N) is 1. The maximum Gasteiger partial charge on any atom is 0.494 e. The van der Waals surface area contributed by atoms with E-state index < -0.39 is 120 Å². The lowest BCUT2D eigenvalue weighted by Crippen LogP contribution is -2.56. The zero-order valence-corrected chi connectivity index (χ0v) is 32.9. The molecule has 2 heterocycles. The maximum absolute atomic E-state index is 14.0. The Labute approximate surface area is 334 Å². The van der Waals surface area contributed by atoms with Crippen LogP contribution in [0.25, 0.3) is 0 Å². The molecule has 6 N–H and O–H groups in total. The SMILES string of the molecule is COc1cccc2c1C(=O)c1c(O)c3c(c(O)c1C2=O)C[C@@](O)(C(=O)CO)C[C@@H]3O[C@H]1C[C@H](NC(=O)OCc2ccc(B3OC(C)(C)C(C)(C)O3)cc2)[C@H](O)[C@H](C)O1. The molecule has 2 saturated heterocycles. The Morgan fingerprint density at radius 2 is 1.60 bits per heavy atom. The first-order valence-corrected chi connectivity index (χ1v) is 18.9. The Kier molecular flexibility index (Phi) is 10.7. The van der Waals surface area contributed by atoms with Gasteiger partial charge in [0.05, 0.1) is 53.3 Å². The molecule has 3 aromatic carbocycles. The second-order valence-electron chi connectivity index (χ2n) is 16.2. The number of benzene rings is 3. The van der Waals surface area contributed by atoms with Crippen molar-refractivity contribution in [2.45, 2.75) is 108 Å². The number of fused-ring (bicyclic) bond motifs is 3. The average Bonchev–Trinajstić information content (AvgIpc) is 3.41. The number of amides is 1. The van der Waals surface area contributed by atoms with Gasteiger partial charge in [0.1, 0.15) is 42.2 Å². The summed E-state index contributed by atoms with van der Waals surface area (Å²) in [5.74, 6) is -4.09. The average molecular weight is 804 g/mol. The Hall–Kier alpha value is -4.88. The third-order valence-electron chi connectivity index (χ3n) is 11.9. The van der Waals surface area contributed by atoms with Crippen molar-refractivity contribution in [3.63, 3.8) is 0 Å². The van der Waals surface area contributed by atoms with E-state index >= 15 is 0 Å². The summed E-state index contributed by atoms with van der Waals surface area (Å²) in [6.07, 6.45) is -7.19. The monoisotopic (exact) mass is 803 g/mol. The molecule has 0 radical (unpaired) electrons. The van der Waals surface area contributed by atoms with Gasteiger partial charge in [0.25, 0.3) is 0 Å². The molecule has 6 atom stereocenters. The molecule has 0 unspecified atom stereocenters. The van der Waals surface area contributed by atoms with Gasteiger partial charge in [0.2, 0.25) is 5.78 Å². The normalized spacial score (nSPS) is 27.0. The van der Waals surface area contributed by atoms with Crippen LogP contribution in [-0.2, 0) is 41.3 Å². The molecule has 0 aromatic heterocycles. The van der Waals surface area contributed by atoms with E-state index in [0.717, 1.165) is 5.46 Å². The molecule has 2 aliphatic carbocycles. The van der Waals surface area contributed by atoms with Crippen molar-refractivity contribution in [2.24, 2.45) is 0 Å². The number of hydrogen-bond donors (Lipinski definition) is 6. The Morgan fingerprint density at radius 1 is 0.948 bits per heavy atom. The molecule has 0 bridgehead atoms. The predicted molar refractivity (Wildman–Crippen MR) is 203 cm³/mol. The summed E-state index contributed by atoms with van der Waals surface area (Å²) in [4.78, 5) is 53.7. The van der Waals surface area contributed by atoms with Crippen LogP contribution < -0.4 is 15.5 Å². The van der Waals surface area contributed by atoms with Crippen molar-refractivity contribution in [3.05, 3.63) is 81.4 Å². The highest BCUT2D eigenvalue weighted by molar-refractivity contribution is 6.62. The van der Waals surface area contributed by atoms with E-state index in [2.05, 4.69) is 5.32 Å². The topological polar surface area (TPSA) is 237 Å². The molecule has 7 rings (SSSR count). The van der Waals surface area contributed by atoms with Crippen molar-refractivity contribution >= 4 is 36.0 Å². The number of carbonyl (C=O) groups excluding carboxylic acids is 4. The lowest BCUT2D eigenvalue weighted by molar-refractivity contribution is -0.249. The molecule has 308 valence electrons. The van der Waals surface area contributed by atoms with Crippen LogP contribution in [0.3, 0.4) is 0 Å². The molecule has 16 nitrogen and oxygen atoms in total. The summed E-state index contributed by atoms with van der Waals surface area (Å²) >= 11 is 0. The second kappa shape index (κ2) is 15.1. The van der Waals surface area contributed by atoms with Gasteiger partial charge in [-0.3, -0.25) is 14.4 Å². The summed E-state index contributed by atoms with van der Waals surface area (Å²) in [6.45, 7) is 8.18. The van der Waals surface area contributed by atoms with Gasteiger partial charge in [0.15, 0.2) is 17.9 Å². The number of aliphatic hydroxyl groups excluding tert-OH is 2. The lowest BCUT2D eigenvalue weighted by atomic mass is 9.72. The predicted octanol–water partition coefficient (Wildman–Crippen LogP) is 2.27. The van der Waals surface area contributed by atoms with E-state index in [9.17, 15) is 44.7 Å². The fourth-order valence-electron chi connectivity index (χ4n) is 7.95. The number of phenols is 2. The molecule has 0 saturated carbocycles. The van der Waals surface area contributed by atoms with Crippen LogP contribution >= 0.6 is 0 Å². The zero-order valence-electron chi connectivity index (χ0n) is 32.9. The van der Waals surface area contributed by atoms with Crippen LogP contribution in [0.15, 0.2) is 42.5 Å². The molecule has 1 amide bonds. The van der Waals surface area contributed by atoms with E-state index in [0.29, 0.717) is 5.56 Å². The summed E-state index contributed by atoms with van der Waals surface area (Å²) in [6, 6.07) is 10.5. The molecule has 17 heteroatoms. The highest BCUT2D eigenvalue weighted by Crippen LogP contribution is 2.52. The van der Waals surface area contributed by atoms with Gasteiger partial charge in [-0.15, -0.1) is 0 Å². The second-order valence-corrected chi connectivity index (χ2v) is 16.2. The largest absolute Gasteiger partial charge is 0.507 e. The fraction of sp³-hybridized carbons (Fsp3) is 0.463. The minimum absolute atomic E-state index is 0.0601. The molecular formula is C41H46BNO15. The fourth-order valence-corrected chi connectivity index (χ4v) is 7.95. The summed E-state index contributed by atoms with van der Waals surface area (Å²) in [5, 5.41) is 58.4. The number of Topliss-reactive ketones (excluding diaryl/α,β-unsaturated/α-hetero) is 1. The number of hydrogen-bond acceptors (Lipinski definition) is 15. The van der Waals surface area contributed by atoms with Crippen molar-refractivity contribution in [3.8, 4) is 17.2 Å². The van der Waals surface area contributed by atoms with Gasteiger partial charge >= 0.3 is 13.2 Å². The van der Waals surface area contributed by atoms with E-state index in [1.807, 2.05) is 39.8 Å². The minimum Gasteiger partial charge on any atom is -0.507 e. The van der Waals surface area contributed by atoms with Gasteiger partial charge in [0, 0.05) is 36.0 Å². The van der Waals surface area contributed by atoms with Gasteiger partial charge < -0.3 is 59.1 Å². The number of phenolic OH excluding ortho intramolecular Hbond substituents is 2. The van der Waals surface area contributed by atoms with E-state index in [-0.39, 0.29) is 41.0 Å². The molecule has 0 spiro atoms. The number of aromatic hydroxyl groups is 2. The highest BCUT2D eigenvalue weighted by atomic mass is 16.7. The van der Waals surface area contributed by atoms with E-state index in [1.165, 1.54) is 32.2 Å². The minimum atomic E-state index is -2.35. The Morgan fingerprint density at radius 3 is 2.24 bits per heavy atom. The van der Waals surface area contributed by atoms with Crippen LogP contribution in [0.2, 0.25) is 0 Å². The quantitative estimate of drug-likeness (QED) is 0.105. The van der Waals surface area contributed by atoms with Crippen LogP contribution in [0.1, 0.15) is 102 Å². The maximum atomic E-state index is 14.0. The summed E-state index contributed by atoms with van der Waals surface area (Å²) in [7, 11) is 0.747. The number of methoxy groups -OCH3 is 1. The molecule has 4 aliphatic rings. The van der Waals surface area contributed by atoms with Crippen LogP contribution in [0, 0.1) is 0 Å². The molecule has 2 aliphatic heterocycles. The van der Waals surface area contributed by atoms with Crippen molar-refractivity contribution in [2.75, 3.05) is 13.7 Å². The third kappa shape index (κ3) is 7.04. The van der Waals surface area contributed by atoms with E-state index in [4.69, 9.17) is 28.3 Å². The number of ether oxygens (including phenoxy) is 4. The van der Waals surface area contributed by atoms with Gasteiger partial charge in [-0.1, -0.05) is 36.4 Å². The summed E-state index contributed by atoms with van der Waals surface area (Å²) < 4.78 is 35.1. The summed E-state index contributed by atoms with van der Waals surface area (Å²) in [5.41, 5.74) is -3.62. The first-order chi connectivity index (χ1) is 27.3. The zero-order chi connectivity index (χ0) is 42.1. The highest BCUT2D eigenvalue weighted by Gasteiger charge is 2.52. The first kappa shape index (κ1) is 41.3. The number of aliphatic hydroxyl groups is 3. The lowest BCUT2D eigenvalue weighted by Gasteiger charge is -2.42. The van der Waals surface area contributed by atoms with Gasteiger partial charge in [-0.05, 0) is 51.7 Å². The van der Waals surface area contributed by atoms with Crippen molar-refractivity contribution in [1.29, 1.82) is 0 Å². The number of alkyl carbamates (subject to hydrolysis) is 1. The van der Waals surface area contributed by atoms with Crippen molar-refractivity contribution in [1.82, 2.24) is 5.32 Å². The molecular weight excluding hydrogens is 757 g/mol. The smallest absolute Gasteiger partial charge is 0.494 e. The van der Waals surface area contributed by atoms with E-state index in [1.54, 1.807) is 12.1 Å². The van der Waals surface area contributed by atoms with Gasteiger partial charge in [-0.2, -0.15) is 0 Å². The molecule has 2 fully saturated rings. The van der Waals surface area contributed by atoms with Crippen molar-refractivity contribution < 1.29 is 73.0 Å².